The van der Waals surface area contributed by atoms with E-state index in [2.05, 4.69) is 261 Å². The third-order valence-electron chi connectivity index (χ3n) is 18.8. The molecule has 10 aromatic carbocycles. The fourth-order valence-electron chi connectivity index (χ4n) is 13.9. The molecule has 79 heavy (non-hydrogen) atoms. The van der Waals surface area contributed by atoms with Gasteiger partial charge in [-0.25, -0.2) is 0 Å². The number of nitrogens with one attached hydrogen (secondary N) is 1. The molecule has 2 aliphatic carbocycles. The van der Waals surface area contributed by atoms with Crippen molar-refractivity contribution in [3.63, 3.8) is 0 Å². The van der Waals surface area contributed by atoms with Gasteiger partial charge in [-0.3, -0.25) is 0 Å². The molecule has 15 rings (SSSR count). The average Bonchev–Trinajstić information content (AvgIpc) is 4.03. The molecule has 3 aliphatic rings. The SMILES string of the molecule is CC1(C)CCC(C)(C)c2cc3c(cc21)oc1cc(N2c4cc5oc6cc7c(cc6c5cc4[B]c4c(-c5ccc6ccccc6c5Nc5ccc(-c6ccccc6)cc5)cc(-c5ccccc5)cc42)C(C)(C)CCC7(C)C)ccc13. The van der Waals surface area contributed by atoms with Crippen molar-refractivity contribution >= 4 is 101 Å². The summed E-state index contributed by atoms with van der Waals surface area (Å²) in [6.45, 7) is 19.2. The second-order valence-electron chi connectivity index (χ2n) is 25.7. The molecule has 0 saturated carbocycles. The monoisotopic (exact) mass is 1020 g/mol. The Kier molecular flexibility index (Phi) is 10.4. The lowest BCUT2D eigenvalue weighted by atomic mass is 9.57. The highest BCUT2D eigenvalue weighted by Crippen LogP contribution is 2.52. The zero-order valence-corrected chi connectivity index (χ0v) is 46.6. The lowest BCUT2D eigenvalue weighted by Crippen LogP contribution is -2.41. The molecule has 0 saturated heterocycles. The van der Waals surface area contributed by atoms with Crippen LogP contribution in [-0.2, 0) is 21.7 Å². The fraction of sp³-hybridized carbons (Fsp3) is 0.216. The van der Waals surface area contributed by atoms with Crippen molar-refractivity contribution in [3.05, 3.63) is 210 Å². The number of fused-ring (bicyclic) bond motifs is 11. The largest absolute Gasteiger partial charge is 0.456 e. The van der Waals surface area contributed by atoms with Crippen molar-refractivity contribution in [2.45, 2.75) is 103 Å². The standard InChI is InChI=1S/C74H64BN2O2/c1-71(2)31-33-73(5,6)60-41-66-54(38-58(60)71)52-30-28-50(37-65(52)78-66)77-63-43-68-56(55-39-59-61(42-67(55)79-68)74(7,8)34-32-72(59,3)4)40-62(63)75-69-57(35-48(36-64(69)77)45-19-13-10-14-20-45)53-29-25-47-21-15-16-22-51(47)70(53)76-49-26-23-46(24-27-49)44-17-11-9-12-18-44/h9-30,35-43,76H,31-34H2,1-8H3. The molecule has 385 valence electrons. The molecule has 12 aromatic rings. The first-order chi connectivity index (χ1) is 38.1. The quantitative estimate of drug-likeness (QED) is 0.169. The molecule has 1 radical (unpaired) electrons. The summed E-state index contributed by atoms with van der Waals surface area (Å²) in [4.78, 5) is 2.48. The van der Waals surface area contributed by atoms with E-state index in [-0.39, 0.29) is 21.7 Å². The van der Waals surface area contributed by atoms with Gasteiger partial charge in [-0.2, -0.15) is 0 Å². The molecular weight excluding hydrogens is 960 g/mol. The van der Waals surface area contributed by atoms with Gasteiger partial charge in [-0.1, -0.05) is 176 Å². The Balaban J connectivity index is 0.980. The first-order valence-electron chi connectivity index (χ1n) is 28.5. The van der Waals surface area contributed by atoms with E-state index in [1.54, 1.807) is 0 Å². The molecule has 2 aromatic heterocycles. The molecule has 0 amide bonds. The topological polar surface area (TPSA) is 41.6 Å². The van der Waals surface area contributed by atoms with E-state index < -0.39 is 0 Å². The van der Waals surface area contributed by atoms with Crippen LogP contribution in [0.3, 0.4) is 0 Å². The Morgan fingerprint density at radius 3 is 1.54 bits per heavy atom. The third-order valence-corrected chi connectivity index (χ3v) is 18.8. The number of hydrogen-bond acceptors (Lipinski definition) is 4. The van der Waals surface area contributed by atoms with E-state index in [0.29, 0.717) is 0 Å². The predicted molar refractivity (Wildman–Crippen MR) is 335 cm³/mol. The molecule has 0 spiro atoms. The van der Waals surface area contributed by atoms with Crippen LogP contribution in [0, 0.1) is 0 Å². The van der Waals surface area contributed by atoms with Gasteiger partial charge in [-0.05, 0) is 169 Å². The maximum atomic E-state index is 7.08. The summed E-state index contributed by atoms with van der Waals surface area (Å²) in [6.07, 6.45) is 4.60. The first-order valence-corrected chi connectivity index (χ1v) is 28.5. The van der Waals surface area contributed by atoms with Gasteiger partial charge in [0.1, 0.15) is 22.3 Å². The van der Waals surface area contributed by atoms with Crippen LogP contribution in [0.15, 0.2) is 197 Å². The molecule has 1 N–H and O–H groups in total. The van der Waals surface area contributed by atoms with E-state index in [0.717, 1.165) is 126 Å². The average molecular weight is 1020 g/mol. The molecule has 0 fully saturated rings. The van der Waals surface area contributed by atoms with Gasteiger partial charge in [0, 0.05) is 67.4 Å². The number of hydrogen-bond donors (Lipinski definition) is 1. The summed E-state index contributed by atoms with van der Waals surface area (Å²) in [6, 6.07) is 69.7. The summed E-state index contributed by atoms with van der Waals surface area (Å²) in [5.74, 6) is 0. The lowest BCUT2D eigenvalue weighted by Gasteiger charge is -2.41. The van der Waals surface area contributed by atoms with Crippen LogP contribution in [0.4, 0.5) is 28.4 Å². The second kappa shape index (κ2) is 17.1. The van der Waals surface area contributed by atoms with Crippen LogP contribution < -0.4 is 21.1 Å². The molecule has 3 heterocycles. The van der Waals surface area contributed by atoms with Gasteiger partial charge in [0.05, 0.1) is 5.69 Å². The lowest BCUT2D eigenvalue weighted by molar-refractivity contribution is 0.332. The van der Waals surface area contributed by atoms with E-state index >= 15 is 0 Å². The predicted octanol–water partition coefficient (Wildman–Crippen LogP) is 19.5. The molecule has 0 bridgehead atoms. The molecule has 0 atom stereocenters. The van der Waals surface area contributed by atoms with Gasteiger partial charge in [-0.15, -0.1) is 0 Å². The highest BCUT2D eigenvalue weighted by atomic mass is 16.3. The molecule has 0 unspecified atom stereocenters. The van der Waals surface area contributed by atoms with Crippen LogP contribution in [0.2, 0.25) is 0 Å². The van der Waals surface area contributed by atoms with Crippen LogP contribution in [-0.4, -0.2) is 7.28 Å². The minimum atomic E-state index is 0.0550. The molecule has 4 nitrogen and oxygen atoms in total. The summed E-state index contributed by atoms with van der Waals surface area (Å²) in [5, 5.41) is 11.0. The van der Waals surface area contributed by atoms with Crippen molar-refractivity contribution in [2.75, 3.05) is 10.2 Å². The summed E-state index contributed by atoms with van der Waals surface area (Å²) in [7, 11) is 2.44. The number of benzene rings is 10. The minimum absolute atomic E-state index is 0.0550. The number of nitrogens with zero attached hydrogens (tertiary/aromatic N) is 1. The number of furan rings is 2. The zero-order valence-electron chi connectivity index (χ0n) is 46.6. The minimum Gasteiger partial charge on any atom is -0.456 e. The van der Waals surface area contributed by atoms with Crippen LogP contribution >= 0.6 is 0 Å². The maximum Gasteiger partial charge on any atom is 0.197 e. The Bertz CT molecular complexity index is 4480. The Labute approximate surface area is 464 Å². The van der Waals surface area contributed by atoms with E-state index in [1.165, 1.54) is 49.5 Å². The van der Waals surface area contributed by atoms with Crippen molar-refractivity contribution in [1.29, 1.82) is 0 Å². The van der Waals surface area contributed by atoms with Crippen molar-refractivity contribution < 1.29 is 8.83 Å². The van der Waals surface area contributed by atoms with Gasteiger partial charge < -0.3 is 19.1 Å². The number of anilines is 5. The molecule has 1 aliphatic heterocycles. The van der Waals surface area contributed by atoms with Crippen LogP contribution in [0.1, 0.15) is 103 Å². The smallest absolute Gasteiger partial charge is 0.197 e. The molecule has 5 heteroatoms. The Morgan fingerprint density at radius 2 is 0.911 bits per heavy atom. The van der Waals surface area contributed by atoms with Crippen molar-refractivity contribution in [3.8, 4) is 33.4 Å². The highest BCUT2D eigenvalue weighted by Gasteiger charge is 2.40. The highest BCUT2D eigenvalue weighted by molar-refractivity contribution is 6.73. The maximum absolute atomic E-state index is 7.08. The van der Waals surface area contributed by atoms with Gasteiger partial charge >= 0.3 is 0 Å². The van der Waals surface area contributed by atoms with E-state index in [9.17, 15) is 0 Å². The Hall–Kier alpha value is -8.28. The Morgan fingerprint density at radius 1 is 0.392 bits per heavy atom. The fourth-order valence-corrected chi connectivity index (χ4v) is 13.9. The van der Waals surface area contributed by atoms with Gasteiger partial charge in [0.15, 0.2) is 7.28 Å². The van der Waals surface area contributed by atoms with Crippen LogP contribution in [0.25, 0.3) is 88.0 Å². The number of rotatable bonds is 6. The van der Waals surface area contributed by atoms with E-state index in [4.69, 9.17) is 8.83 Å². The van der Waals surface area contributed by atoms with Crippen LogP contribution in [0.5, 0.6) is 0 Å². The summed E-state index contributed by atoms with van der Waals surface area (Å²) < 4.78 is 14.1. The van der Waals surface area contributed by atoms with Crippen molar-refractivity contribution in [1.82, 2.24) is 0 Å². The first kappa shape index (κ1) is 47.9. The summed E-state index contributed by atoms with van der Waals surface area (Å²) >= 11 is 0. The summed E-state index contributed by atoms with van der Waals surface area (Å²) in [5.41, 5.74) is 24.0. The molecular formula is C74H64BN2O2. The van der Waals surface area contributed by atoms with Gasteiger partial charge in [0.2, 0.25) is 0 Å². The van der Waals surface area contributed by atoms with E-state index in [1.807, 2.05) is 0 Å². The second-order valence-corrected chi connectivity index (χ2v) is 25.7. The zero-order chi connectivity index (χ0) is 53.7. The van der Waals surface area contributed by atoms with Crippen molar-refractivity contribution in [2.24, 2.45) is 0 Å². The van der Waals surface area contributed by atoms with Gasteiger partial charge in [0.25, 0.3) is 0 Å². The third kappa shape index (κ3) is 7.63. The normalized spacial score (nSPS) is 16.6.